The molecule has 158 valence electrons. The molecule has 1 saturated heterocycles. The highest BCUT2D eigenvalue weighted by molar-refractivity contribution is 5.95. The summed E-state index contributed by atoms with van der Waals surface area (Å²) in [7, 11) is 1.54. The minimum Gasteiger partial charge on any atom is -0.480 e. The third-order valence-electron chi connectivity index (χ3n) is 5.16. The summed E-state index contributed by atoms with van der Waals surface area (Å²) in [6, 6.07) is 20.0. The Morgan fingerprint density at radius 2 is 1.52 bits per heavy atom. The first-order valence-corrected chi connectivity index (χ1v) is 10.0. The first-order chi connectivity index (χ1) is 15.1. The summed E-state index contributed by atoms with van der Waals surface area (Å²) >= 11 is 0. The Labute approximate surface area is 180 Å². The van der Waals surface area contributed by atoms with E-state index in [9.17, 15) is 9.59 Å². The van der Waals surface area contributed by atoms with Crippen LogP contribution in [0.3, 0.4) is 0 Å². The maximum absolute atomic E-state index is 12.9. The van der Waals surface area contributed by atoms with E-state index in [0.717, 1.165) is 11.3 Å². The largest absolute Gasteiger partial charge is 0.480 e. The molecule has 1 aliphatic rings. The lowest BCUT2D eigenvalue weighted by Gasteiger charge is -2.34. The van der Waals surface area contributed by atoms with Gasteiger partial charge in [-0.15, -0.1) is 10.2 Å². The van der Waals surface area contributed by atoms with Gasteiger partial charge < -0.3 is 19.9 Å². The first kappa shape index (κ1) is 20.3. The summed E-state index contributed by atoms with van der Waals surface area (Å²) in [6.45, 7) is 1.97. The predicted octanol–water partition coefficient (Wildman–Crippen LogP) is 3.14. The van der Waals surface area contributed by atoms with Crippen LogP contribution < -0.4 is 10.1 Å². The average molecular weight is 417 g/mol. The van der Waals surface area contributed by atoms with Gasteiger partial charge in [0.1, 0.15) is 0 Å². The highest BCUT2D eigenvalue weighted by atomic mass is 16.5. The van der Waals surface area contributed by atoms with Crippen molar-refractivity contribution < 1.29 is 14.3 Å². The topological polar surface area (TPSA) is 87.7 Å². The van der Waals surface area contributed by atoms with Gasteiger partial charge in [0.05, 0.1) is 12.8 Å². The van der Waals surface area contributed by atoms with E-state index in [1.807, 2.05) is 48.5 Å². The van der Waals surface area contributed by atoms with Gasteiger partial charge in [0.15, 0.2) is 0 Å². The number of aromatic nitrogens is 2. The van der Waals surface area contributed by atoms with E-state index < -0.39 is 0 Å². The van der Waals surface area contributed by atoms with Crippen LogP contribution in [0.2, 0.25) is 0 Å². The van der Waals surface area contributed by atoms with Gasteiger partial charge in [-0.1, -0.05) is 30.3 Å². The summed E-state index contributed by atoms with van der Waals surface area (Å²) in [5.41, 5.74) is 2.94. The predicted molar refractivity (Wildman–Crippen MR) is 117 cm³/mol. The van der Waals surface area contributed by atoms with Crippen molar-refractivity contribution in [1.82, 2.24) is 20.0 Å². The van der Waals surface area contributed by atoms with Crippen LogP contribution in [0.15, 0.2) is 66.7 Å². The van der Waals surface area contributed by atoms with Crippen molar-refractivity contribution in [2.24, 2.45) is 0 Å². The lowest BCUT2D eigenvalue weighted by atomic mass is 10.1. The Balaban J connectivity index is 1.33. The van der Waals surface area contributed by atoms with E-state index in [1.54, 1.807) is 35.1 Å². The molecule has 4 rings (SSSR count). The molecular formula is C23H23N5O3. The van der Waals surface area contributed by atoms with E-state index >= 15 is 0 Å². The number of amides is 3. The van der Waals surface area contributed by atoms with E-state index in [1.165, 1.54) is 0 Å². The van der Waals surface area contributed by atoms with Gasteiger partial charge in [-0.25, -0.2) is 4.79 Å². The van der Waals surface area contributed by atoms with E-state index in [0.29, 0.717) is 43.3 Å². The monoisotopic (exact) mass is 417 g/mol. The molecule has 1 fully saturated rings. The van der Waals surface area contributed by atoms with Crippen LogP contribution in [-0.2, 0) is 0 Å². The number of carbonyl (C=O) groups is 2. The molecule has 1 aromatic heterocycles. The number of nitrogens with one attached hydrogen (secondary N) is 1. The van der Waals surface area contributed by atoms with E-state index in [-0.39, 0.29) is 11.9 Å². The van der Waals surface area contributed by atoms with Crippen LogP contribution in [0.25, 0.3) is 11.3 Å². The number of urea groups is 1. The molecule has 0 radical (unpaired) electrons. The second-order valence-corrected chi connectivity index (χ2v) is 7.11. The molecule has 1 N–H and O–H groups in total. The molecule has 0 atom stereocenters. The Kier molecular flexibility index (Phi) is 6.07. The van der Waals surface area contributed by atoms with E-state index in [4.69, 9.17) is 4.74 Å². The number of rotatable bonds is 4. The summed E-state index contributed by atoms with van der Waals surface area (Å²) in [5.74, 6) is 0.405. The highest BCUT2D eigenvalue weighted by Gasteiger charge is 2.25. The van der Waals surface area contributed by atoms with Gasteiger partial charge >= 0.3 is 6.03 Å². The van der Waals surface area contributed by atoms with Gasteiger partial charge in [0, 0.05) is 49.1 Å². The molecule has 1 aliphatic heterocycles. The Morgan fingerprint density at radius 1 is 0.839 bits per heavy atom. The molecule has 0 unspecified atom stereocenters. The third-order valence-corrected chi connectivity index (χ3v) is 5.16. The molecule has 8 nitrogen and oxygen atoms in total. The molecule has 2 aromatic carbocycles. The Morgan fingerprint density at radius 3 is 2.13 bits per heavy atom. The maximum atomic E-state index is 12.9. The number of anilines is 1. The minimum atomic E-state index is -0.150. The van der Waals surface area contributed by atoms with Crippen molar-refractivity contribution >= 4 is 17.6 Å². The van der Waals surface area contributed by atoms with Crippen molar-refractivity contribution in [3.8, 4) is 17.1 Å². The molecule has 0 bridgehead atoms. The van der Waals surface area contributed by atoms with Gasteiger partial charge in [-0.3, -0.25) is 4.79 Å². The molecule has 3 amide bonds. The smallest absolute Gasteiger partial charge is 0.321 e. The molecular weight excluding hydrogens is 394 g/mol. The number of piperazine rings is 1. The maximum Gasteiger partial charge on any atom is 0.321 e. The van der Waals surface area contributed by atoms with Crippen LogP contribution in [0.1, 0.15) is 10.4 Å². The molecule has 3 aromatic rings. The number of methoxy groups -OCH3 is 1. The van der Waals surface area contributed by atoms with Gasteiger partial charge in [-0.05, 0) is 30.3 Å². The van der Waals surface area contributed by atoms with E-state index in [2.05, 4.69) is 15.5 Å². The molecule has 0 aliphatic carbocycles. The molecule has 31 heavy (non-hydrogen) atoms. The van der Waals surface area contributed by atoms with Gasteiger partial charge in [-0.2, -0.15) is 0 Å². The standard InChI is InChI=1S/C23H23N5O3/c1-31-21-12-11-20(25-26-21)17-7-9-18(10-8-17)22(29)27-13-15-28(16-14-27)23(30)24-19-5-3-2-4-6-19/h2-12H,13-16H2,1H3,(H,24,30). The van der Waals surface area contributed by atoms with Gasteiger partial charge in [0.25, 0.3) is 5.91 Å². The number of nitrogens with zero attached hydrogens (tertiary/aromatic N) is 4. The number of para-hydroxylation sites is 1. The second-order valence-electron chi connectivity index (χ2n) is 7.11. The second kappa shape index (κ2) is 9.25. The summed E-state index contributed by atoms with van der Waals surface area (Å²) in [5, 5.41) is 11.0. The zero-order chi connectivity index (χ0) is 21.6. The Bertz CT molecular complexity index is 1030. The number of ether oxygens (including phenoxy) is 1. The number of hydrogen-bond acceptors (Lipinski definition) is 5. The van der Waals surface area contributed by atoms with Crippen molar-refractivity contribution in [1.29, 1.82) is 0 Å². The fourth-order valence-corrected chi connectivity index (χ4v) is 3.39. The molecule has 2 heterocycles. The zero-order valence-corrected chi connectivity index (χ0v) is 17.2. The zero-order valence-electron chi connectivity index (χ0n) is 17.2. The fourth-order valence-electron chi connectivity index (χ4n) is 3.39. The van der Waals surface area contributed by atoms with Crippen molar-refractivity contribution in [3.63, 3.8) is 0 Å². The lowest BCUT2D eigenvalue weighted by molar-refractivity contribution is 0.0671. The molecule has 0 spiro atoms. The number of hydrogen-bond donors (Lipinski definition) is 1. The van der Waals surface area contributed by atoms with Crippen LogP contribution in [0, 0.1) is 0 Å². The third kappa shape index (κ3) is 4.80. The summed E-state index contributed by atoms with van der Waals surface area (Å²) < 4.78 is 5.02. The molecule has 0 saturated carbocycles. The summed E-state index contributed by atoms with van der Waals surface area (Å²) in [4.78, 5) is 28.8. The minimum absolute atomic E-state index is 0.0458. The van der Waals surface area contributed by atoms with Crippen molar-refractivity contribution in [3.05, 3.63) is 72.3 Å². The fraction of sp³-hybridized carbons (Fsp3) is 0.217. The van der Waals surface area contributed by atoms with Crippen molar-refractivity contribution in [2.45, 2.75) is 0 Å². The van der Waals surface area contributed by atoms with Crippen molar-refractivity contribution in [2.75, 3.05) is 38.6 Å². The normalized spacial score (nSPS) is 13.6. The number of carbonyl (C=O) groups excluding carboxylic acids is 2. The average Bonchev–Trinajstić information content (AvgIpc) is 2.84. The quantitative estimate of drug-likeness (QED) is 0.705. The number of benzene rings is 2. The van der Waals surface area contributed by atoms with Crippen LogP contribution in [-0.4, -0.2) is 65.2 Å². The lowest BCUT2D eigenvalue weighted by Crippen LogP contribution is -2.51. The van der Waals surface area contributed by atoms with Crippen LogP contribution in [0.4, 0.5) is 10.5 Å². The van der Waals surface area contributed by atoms with Gasteiger partial charge in [0.2, 0.25) is 5.88 Å². The SMILES string of the molecule is COc1ccc(-c2ccc(C(=O)N3CCN(C(=O)Nc4ccccc4)CC3)cc2)nn1. The summed E-state index contributed by atoms with van der Waals surface area (Å²) in [6.07, 6.45) is 0. The first-order valence-electron chi connectivity index (χ1n) is 10.0. The highest BCUT2D eigenvalue weighted by Crippen LogP contribution is 2.19. The van der Waals surface area contributed by atoms with Crippen LogP contribution >= 0.6 is 0 Å². The van der Waals surface area contributed by atoms with Crippen LogP contribution in [0.5, 0.6) is 5.88 Å². The molecule has 8 heteroatoms. The Hall–Kier alpha value is -3.94.